The van der Waals surface area contributed by atoms with E-state index in [9.17, 15) is 0 Å². The number of aromatic nitrogens is 1. The van der Waals surface area contributed by atoms with E-state index in [1.807, 2.05) is 0 Å². The Balaban J connectivity index is 1.05. The molecule has 0 saturated carbocycles. The maximum Gasteiger partial charge on any atom is 0.0528 e. The molecule has 0 aliphatic heterocycles. The van der Waals surface area contributed by atoms with Crippen LogP contribution >= 0.6 is 0 Å². The largest absolute Gasteiger partial charge is 0.317 e. The lowest BCUT2D eigenvalue weighted by Crippen LogP contribution is -2.16. The SMILES string of the molecule is CC1(C)c2ccccc2-c2ccc(N(c3ccc(-c4ccc5c(ccn5-c5ccccc5)c4)cc3)c3ccc(-c4cccc5ccccc45)cc3)cc21. The van der Waals surface area contributed by atoms with Crippen LogP contribution in [0, 0.1) is 0 Å². The minimum absolute atomic E-state index is 0.0895. The molecule has 0 spiro atoms. The summed E-state index contributed by atoms with van der Waals surface area (Å²) in [4.78, 5) is 2.40. The van der Waals surface area contributed by atoms with Crippen molar-refractivity contribution in [1.29, 1.82) is 0 Å². The topological polar surface area (TPSA) is 8.17 Å². The third kappa shape index (κ3) is 5.18. The van der Waals surface area contributed by atoms with Gasteiger partial charge in [-0.2, -0.15) is 0 Å². The molecule has 0 N–H and O–H groups in total. The van der Waals surface area contributed by atoms with Crippen LogP contribution in [0.3, 0.4) is 0 Å². The van der Waals surface area contributed by atoms with Crippen LogP contribution in [0.25, 0.3) is 60.7 Å². The summed E-state index contributed by atoms with van der Waals surface area (Å²) >= 11 is 0. The van der Waals surface area contributed by atoms with Gasteiger partial charge in [0.25, 0.3) is 0 Å². The van der Waals surface area contributed by atoms with E-state index >= 15 is 0 Å². The molecular weight excluding hydrogens is 641 g/mol. The van der Waals surface area contributed by atoms with Crippen LogP contribution in [0.4, 0.5) is 17.1 Å². The number of fused-ring (bicyclic) bond motifs is 5. The van der Waals surface area contributed by atoms with Gasteiger partial charge in [-0.05, 0) is 122 Å². The molecule has 1 aliphatic carbocycles. The maximum atomic E-state index is 2.41. The summed E-state index contributed by atoms with van der Waals surface area (Å²) in [5.41, 5.74) is 16.0. The Bertz CT molecular complexity index is 2780. The highest BCUT2D eigenvalue weighted by Crippen LogP contribution is 2.50. The fourth-order valence-electron chi connectivity index (χ4n) is 8.48. The van der Waals surface area contributed by atoms with Gasteiger partial charge in [-0.1, -0.05) is 135 Å². The van der Waals surface area contributed by atoms with Crippen LogP contribution in [-0.4, -0.2) is 4.57 Å². The molecule has 0 saturated heterocycles. The van der Waals surface area contributed by atoms with Gasteiger partial charge >= 0.3 is 0 Å². The van der Waals surface area contributed by atoms with E-state index in [0.29, 0.717) is 0 Å². The monoisotopic (exact) mass is 678 g/mol. The molecule has 0 fully saturated rings. The van der Waals surface area contributed by atoms with Crippen molar-refractivity contribution >= 4 is 38.7 Å². The molecule has 0 unspecified atom stereocenters. The molecule has 53 heavy (non-hydrogen) atoms. The Kier molecular flexibility index (Phi) is 7.19. The molecule has 1 aliphatic rings. The summed E-state index contributed by atoms with van der Waals surface area (Å²) in [7, 11) is 0. The van der Waals surface area contributed by atoms with E-state index in [-0.39, 0.29) is 5.41 Å². The van der Waals surface area contributed by atoms with E-state index in [4.69, 9.17) is 0 Å². The maximum absolute atomic E-state index is 2.41. The molecule has 2 nitrogen and oxygen atoms in total. The van der Waals surface area contributed by atoms with Gasteiger partial charge in [0.15, 0.2) is 0 Å². The lowest BCUT2D eigenvalue weighted by Gasteiger charge is -2.28. The molecule has 252 valence electrons. The van der Waals surface area contributed by atoms with E-state index < -0.39 is 0 Å². The van der Waals surface area contributed by atoms with Crippen LogP contribution < -0.4 is 4.90 Å². The molecule has 1 heterocycles. The minimum atomic E-state index is -0.0895. The summed E-state index contributed by atoms with van der Waals surface area (Å²) in [5, 5.41) is 3.75. The summed E-state index contributed by atoms with van der Waals surface area (Å²) < 4.78 is 2.25. The predicted octanol–water partition coefficient (Wildman–Crippen LogP) is 13.9. The average Bonchev–Trinajstić information content (AvgIpc) is 3.74. The van der Waals surface area contributed by atoms with Crippen molar-refractivity contribution in [3.8, 4) is 39.1 Å². The molecule has 10 rings (SSSR count). The standard InChI is InChI=1S/C51H38N2/c1-51(2)48-18-9-8-16-46(48)47-29-28-43(34-49(47)51)53(42-26-21-37(22-27-42)45-17-10-12-36-11-6-7-15-44(36)45)41-24-19-35(20-25-41)38-23-30-50-39(33-38)31-32-52(50)40-13-4-3-5-14-40/h3-34H,1-2H3. The second-order valence-electron chi connectivity index (χ2n) is 14.7. The van der Waals surface area contributed by atoms with Gasteiger partial charge < -0.3 is 9.47 Å². The summed E-state index contributed by atoms with van der Waals surface area (Å²) in [6, 6.07) is 68.7. The van der Waals surface area contributed by atoms with E-state index in [1.165, 1.54) is 71.9 Å². The lowest BCUT2D eigenvalue weighted by molar-refractivity contribution is 0.660. The summed E-state index contributed by atoms with van der Waals surface area (Å²) in [6.45, 7) is 4.70. The van der Waals surface area contributed by atoms with Crippen LogP contribution in [0.5, 0.6) is 0 Å². The highest BCUT2D eigenvalue weighted by atomic mass is 15.1. The Hall–Kier alpha value is -6.64. The second-order valence-corrected chi connectivity index (χ2v) is 14.7. The summed E-state index contributed by atoms with van der Waals surface area (Å²) in [6.07, 6.45) is 2.16. The number of rotatable bonds is 6. The van der Waals surface area contributed by atoms with Crippen molar-refractivity contribution in [2.75, 3.05) is 4.90 Å². The molecule has 1 aromatic heterocycles. The number of hydrogen-bond acceptors (Lipinski definition) is 1. The average molecular weight is 679 g/mol. The molecular formula is C51H38N2. The number of para-hydroxylation sites is 1. The van der Waals surface area contributed by atoms with Crippen molar-refractivity contribution in [2.24, 2.45) is 0 Å². The van der Waals surface area contributed by atoms with Gasteiger partial charge in [-0.15, -0.1) is 0 Å². The molecule has 0 amide bonds. The minimum Gasteiger partial charge on any atom is -0.317 e. The molecule has 2 heteroatoms. The van der Waals surface area contributed by atoms with E-state index in [2.05, 4.69) is 218 Å². The first-order valence-electron chi connectivity index (χ1n) is 18.4. The Morgan fingerprint density at radius 2 is 1.04 bits per heavy atom. The van der Waals surface area contributed by atoms with Gasteiger partial charge in [-0.25, -0.2) is 0 Å². The lowest BCUT2D eigenvalue weighted by atomic mass is 9.82. The Morgan fingerprint density at radius 1 is 0.415 bits per heavy atom. The molecule has 0 bridgehead atoms. The third-order valence-corrected chi connectivity index (χ3v) is 11.2. The van der Waals surface area contributed by atoms with E-state index in [0.717, 1.165) is 17.1 Å². The van der Waals surface area contributed by atoms with Gasteiger partial charge in [0.1, 0.15) is 0 Å². The fourth-order valence-corrected chi connectivity index (χ4v) is 8.48. The fraction of sp³-hybridized carbons (Fsp3) is 0.0588. The smallest absolute Gasteiger partial charge is 0.0528 e. The van der Waals surface area contributed by atoms with Crippen LogP contribution in [-0.2, 0) is 5.41 Å². The quantitative estimate of drug-likeness (QED) is 0.170. The first-order valence-corrected chi connectivity index (χ1v) is 18.4. The van der Waals surface area contributed by atoms with Crippen LogP contribution in [0.2, 0.25) is 0 Å². The normalized spacial score (nSPS) is 12.9. The zero-order valence-corrected chi connectivity index (χ0v) is 29.9. The zero-order valence-electron chi connectivity index (χ0n) is 29.9. The first-order chi connectivity index (χ1) is 26.0. The van der Waals surface area contributed by atoms with Crippen molar-refractivity contribution in [2.45, 2.75) is 19.3 Å². The van der Waals surface area contributed by atoms with Crippen molar-refractivity contribution in [3.05, 3.63) is 205 Å². The number of anilines is 3. The zero-order chi connectivity index (χ0) is 35.5. The predicted molar refractivity (Wildman–Crippen MR) is 224 cm³/mol. The third-order valence-electron chi connectivity index (χ3n) is 11.2. The number of hydrogen-bond donors (Lipinski definition) is 0. The highest BCUT2D eigenvalue weighted by molar-refractivity contribution is 5.97. The number of benzene rings is 8. The number of nitrogens with zero attached hydrogens (tertiary/aromatic N) is 2. The second kappa shape index (κ2) is 12.3. The van der Waals surface area contributed by atoms with Gasteiger partial charge in [-0.3, -0.25) is 0 Å². The molecule has 8 aromatic carbocycles. The Labute approximate surface area is 310 Å². The molecule has 9 aromatic rings. The summed E-state index contributed by atoms with van der Waals surface area (Å²) in [5.74, 6) is 0. The molecule has 0 atom stereocenters. The van der Waals surface area contributed by atoms with Gasteiger partial charge in [0, 0.05) is 39.7 Å². The van der Waals surface area contributed by atoms with Crippen LogP contribution in [0.15, 0.2) is 194 Å². The highest BCUT2D eigenvalue weighted by Gasteiger charge is 2.35. The van der Waals surface area contributed by atoms with Gasteiger partial charge in [0.2, 0.25) is 0 Å². The van der Waals surface area contributed by atoms with Crippen molar-refractivity contribution in [3.63, 3.8) is 0 Å². The Morgan fingerprint density at radius 3 is 1.85 bits per heavy atom. The molecule has 0 radical (unpaired) electrons. The van der Waals surface area contributed by atoms with Crippen LogP contribution in [0.1, 0.15) is 25.0 Å². The van der Waals surface area contributed by atoms with Gasteiger partial charge in [0.05, 0.1) is 5.52 Å². The van der Waals surface area contributed by atoms with E-state index in [1.54, 1.807) is 0 Å². The first kappa shape index (κ1) is 31.1. The van der Waals surface area contributed by atoms with Crippen molar-refractivity contribution < 1.29 is 0 Å². The van der Waals surface area contributed by atoms with Crippen molar-refractivity contribution in [1.82, 2.24) is 4.57 Å².